The summed E-state index contributed by atoms with van der Waals surface area (Å²) in [5.41, 5.74) is 5.28. The Morgan fingerprint density at radius 3 is 2.41 bits per heavy atom. The first-order chi connectivity index (χ1) is 13.5. The molecule has 5 heteroatoms. The molecule has 0 radical (unpaired) electrons. The summed E-state index contributed by atoms with van der Waals surface area (Å²) < 4.78 is 0. The highest BCUT2D eigenvalue weighted by Crippen LogP contribution is 2.46. The predicted octanol–water partition coefficient (Wildman–Crippen LogP) is 6.45. The molecule has 0 aromatic rings. The van der Waals surface area contributed by atoms with Gasteiger partial charge < -0.3 is 10.1 Å². The number of rotatable bonds is 11. The summed E-state index contributed by atoms with van der Waals surface area (Å²) in [7, 11) is 2.51. The molecule has 1 fully saturated rings. The molecule has 4 nitrogen and oxygen atoms in total. The fourth-order valence-electron chi connectivity index (χ4n) is 4.84. The van der Waals surface area contributed by atoms with Crippen LogP contribution in [0.4, 0.5) is 0 Å². The minimum atomic E-state index is -1.45. The van der Waals surface area contributed by atoms with Crippen LogP contribution in [0.2, 0.25) is 19.6 Å². The minimum Gasteiger partial charge on any atom is -0.481 e. The number of allylic oxidation sites excluding steroid dienone is 1. The largest absolute Gasteiger partial charge is 0.481 e. The Kier molecular flexibility index (Phi) is 10.7. The smallest absolute Gasteiger partial charge is 0.307 e. The highest BCUT2D eigenvalue weighted by molar-refractivity contribution is 6.81. The predicted molar refractivity (Wildman–Crippen MR) is 128 cm³/mol. The summed E-state index contributed by atoms with van der Waals surface area (Å²) in [5.74, 6) is 0.493. The van der Waals surface area contributed by atoms with Crippen LogP contribution in [0.15, 0.2) is 16.4 Å². The van der Waals surface area contributed by atoms with Crippen molar-refractivity contribution >= 4 is 19.8 Å². The van der Waals surface area contributed by atoms with Crippen molar-refractivity contribution in [1.29, 1.82) is 0 Å². The van der Waals surface area contributed by atoms with Crippen LogP contribution in [0, 0.1) is 23.7 Å². The van der Waals surface area contributed by atoms with Crippen molar-refractivity contribution in [1.82, 2.24) is 5.01 Å². The maximum absolute atomic E-state index is 12.2. The van der Waals surface area contributed by atoms with E-state index in [1.807, 2.05) is 19.1 Å². The van der Waals surface area contributed by atoms with Gasteiger partial charge in [0.1, 0.15) is 0 Å². The van der Waals surface area contributed by atoms with E-state index in [9.17, 15) is 9.90 Å². The molecular formula is C24H46N2O2Si. The molecule has 4 atom stereocenters. The van der Waals surface area contributed by atoms with Crippen molar-refractivity contribution in [2.45, 2.75) is 91.8 Å². The Bertz CT molecular complexity index is 578. The van der Waals surface area contributed by atoms with Crippen LogP contribution in [0.5, 0.6) is 0 Å². The third kappa shape index (κ3) is 8.65. The Labute approximate surface area is 180 Å². The lowest BCUT2D eigenvalue weighted by molar-refractivity contribution is -0.144. The van der Waals surface area contributed by atoms with Gasteiger partial charge in [0.25, 0.3) is 0 Å². The average Bonchev–Trinajstić information content (AvgIpc) is 2.60. The van der Waals surface area contributed by atoms with Crippen LogP contribution >= 0.6 is 0 Å². The highest BCUT2D eigenvalue weighted by Gasteiger charge is 2.39. The monoisotopic (exact) mass is 422 g/mol. The maximum Gasteiger partial charge on any atom is 0.307 e. The standard InChI is InChI=1S/C24H46N2O2Si/c1-9-11-12-22(24(27)28)21-15-13-18(3)20(23(21)17-29(6,7)8)16-14-19(10-2)25-26(4)5/h17-18,20-22H,9-16H2,1-8H3,(H,27,28)/b23-17+,25-19+/t18-,20+,21+,22-/m1/s1. The van der Waals surface area contributed by atoms with Crippen LogP contribution in [0.3, 0.4) is 0 Å². The molecule has 168 valence electrons. The normalized spacial score (nSPS) is 25.9. The van der Waals surface area contributed by atoms with E-state index in [0.717, 1.165) is 51.4 Å². The molecule has 0 heterocycles. The van der Waals surface area contributed by atoms with E-state index in [-0.39, 0.29) is 11.8 Å². The van der Waals surface area contributed by atoms with Gasteiger partial charge in [0.2, 0.25) is 0 Å². The van der Waals surface area contributed by atoms with Gasteiger partial charge >= 0.3 is 5.97 Å². The fourth-order valence-corrected chi connectivity index (χ4v) is 6.26. The van der Waals surface area contributed by atoms with E-state index in [0.29, 0.717) is 11.8 Å². The van der Waals surface area contributed by atoms with Crippen LogP contribution < -0.4 is 0 Å². The molecule has 0 aromatic carbocycles. The Balaban J connectivity index is 3.22. The van der Waals surface area contributed by atoms with Gasteiger partial charge in [-0.2, -0.15) is 5.10 Å². The van der Waals surface area contributed by atoms with E-state index in [2.05, 4.69) is 51.2 Å². The number of carbonyl (C=O) groups is 1. The molecule has 0 bridgehead atoms. The zero-order valence-electron chi connectivity index (χ0n) is 20.3. The van der Waals surface area contributed by atoms with Gasteiger partial charge in [-0.05, 0) is 56.3 Å². The topological polar surface area (TPSA) is 52.9 Å². The van der Waals surface area contributed by atoms with Gasteiger partial charge in [-0.3, -0.25) is 4.79 Å². The summed E-state index contributed by atoms with van der Waals surface area (Å²) in [5, 5.41) is 16.6. The lowest BCUT2D eigenvalue weighted by atomic mass is 9.65. The third-order valence-corrected chi connectivity index (χ3v) is 7.44. The Hall–Kier alpha value is -1.10. The maximum atomic E-state index is 12.2. The van der Waals surface area contributed by atoms with Crippen LogP contribution in [0.25, 0.3) is 0 Å². The first-order valence-electron chi connectivity index (χ1n) is 11.7. The number of aliphatic carboxylic acids is 1. The van der Waals surface area contributed by atoms with E-state index in [4.69, 9.17) is 0 Å². The zero-order valence-corrected chi connectivity index (χ0v) is 21.3. The summed E-state index contributed by atoms with van der Waals surface area (Å²) in [6.45, 7) is 13.8. The molecule has 1 rings (SSSR count). The summed E-state index contributed by atoms with van der Waals surface area (Å²) in [6.07, 6.45) is 8.11. The first-order valence-corrected chi connectivity index (χ1v) is 15.3. The van der Waals surface area contributed by atoms with Gasteiger partial charge in [-0.25, -0.2) is 0 Å². The second-order valence-electron chi connectivity index (χ2n) is 10.3. The molecule has 1 N–H and O–H groups in total. The molecule has 0 amide bonds. The molecule has 0 spiro atoms. The van der Waals surface area contributed by atoms with Gasteiger partial charge in [-0.15, -0.1) is 0 Å². The van der Waals surface area contributed by atoms with Crippen LogP contribution in [-0.4, -0.2) is 44.0 Å². The second kappa shape index (κ2) is 11.9. The number of hydrazone groups is 1. The number of carboxylic acids is 1. The number of nitrogens with zero attached hydrogens (tertiary/aromatic N) is 2. The number of unbranched alkanes of at least 4 members (excludes halogenated alkanes) is 1. The molecule has 29 heavy (non-hydrogen) atoms. The number of hydrogen-bond donors (Lipinski definition) is 1. The number of hydrogen-bond acceptors (Lipinski definition) is 3. The van der Waals surface area contributed by atoms with Gasteiger partial charge in [0.05, 0.1) is 14.0 Å². The fraction of sp³-hybridized carbons (Fsp3) is 0.833. The van der Waals surface area contributed by atoms with Crippen molar-refractivity contribution in [3.8, 4) is 0 Å². The zero-order chi connectivity index (χ0) is 22.2. The molecule has 0 unspecified atom stereocenters. The van der Waals surface area contributed by atoms with Crippen molar-refractivity contribution in [2.24, 2.45) is 28.8 Å². The van der Waals surface area contributed by atoms with Crippen LogP contribution in [-0.2, 0) is 4.79 Å². The highest BCUT2D eigenvalue weighted by atomic mass is 28.3. The molecule has 1 saturated carbocycles. The third-order valence-electron chi connectivity index (χ3n) is 6.24. The Morgan fingerprint density at radius 1 is 1.28 bits per heavy atom. The van der Waals surface area contributed by atoms with Crippen molar-refractivity contribution in [3.05, 3.63) is 11.3 Å². The van der Waals surface area contributed by atoms with Gasteiger partial charge in [-0.1, -0.05) is 64.5 Å². The SMILES string of the molecule is CCCC[C@@H](C(=O)O)[C@@H]1CC[C@@H](C)[C@H](CC/C(CC)=N/N(C)C)/C1=C\[Si](C)(C)C. The van der Waals surface area contributed by atoms with Gasteiger partial charge in [0, 0.05) is 19.8 Å². The van der Waals surface area contributed by atoms with Crippen molar-refractivity contribution < 1.29 is 9.90 Å². The molecule has 1 aliphatic rings. The quantitative estimate of drug-likeness (QED) is 0.236. The lowest BCUT2D eigenvalue weighted by Crippen LogP contribution is -2.36. The van der Waals surface area contributed by atoms with Crippen molar-refractivity contribution in [3.63, 3.8) is 0 Å². The number of carboxylic acid groups (broad SMARTS) is 1. The molecule has 1 aliphatic carbocycles. The van der Waals surface area contributed by atoms with E-state index in [1.54, 1.807) is 0 Å². The molecule has 0 saturated heterocycles. The Morgan fingerprint density at radius 2 is 1.93 bits per heavy atom. The summed E-state index contributed by atoms with van der Waals surface area (Å²) in [4.78, 5) is 12.2. The average molecular weight is 423 g/mol. The lowest BCUT2D eigenvalue weighted by Gasteiger charge is -2.41. The molecule has 0 aromatic heterocycles. The summed E-state index contributed by atoms with van der Waals surface area (Å²) in [6, 6.07) is 0. The van der Waals surface area contributed by atoms with E-state index >= 15 is 0 Å². The second-order valence-corrected chi connectivity index (χ2v) is 15.3. The summed E-state index contributed by atoms with van der Waals surface area (Å²) >= 11 is 0. The first kappa shape index (κ1) is 25.9. The van der Waals surface area contributed by atoms with Crippen molar-refractivity contribution in [2.75, 3.05) is 14.1 Å². The molecular weight excluding hydrogens is 376 g/mol. The van der Waals surface area contributed by atoms with Gasteiger partial charge in [0.15, 0.2) is 0 Å². The van der Waals surface area contributed by atoms with E-state index < -0.39 is 14.0 Å². The van der Waals surface area contributed by atoms with Crippen LogP contribution in [0.1, 0.15) is 72.1 Å². The van der Waals surface area contributed by atoms with E-state index in [1.165, 1.54) is 11.3 Å². The molecule has 0 aliphatic heterocycles. The minimum absolute atomic E-state index is 0.211.